The lowest BCUT2D eigenvalue weighted by atomic mass is 9.66. The fourth-order valence-corrected chi connectivity index (χ4v) is 13.7. The van der Waals surface area contributed by atoms with E-state index in [0.29, 0.717) is 70.9 Å². The minimum atomic E-state index is -0.715. The fourth-order valence-electron chi connectivity index (χ4n) is 13.7. The SMILES string of the molecule is C#Cc1c(F)ccc2cc(O)cc(-c3ncc4c(N5CC6CCC(C5)N6)nc(OCC5(CN6CC7(CCC(N8CCC(c9ccc%10c(C%11CCC(=O)NC%11=O)nn(C)c%10c9)CC8)CC7)C6)CC5)nc4c3F)c12. The molecular weight excluding hydrogens is 915 g/mol. The van der Waals surface area contributed by atoms with Gasteiger partial charge in [-0.1, -0.05) is 24.1 Å². The number of halogens is 2. The Morgan fingerprint density at radius 1 is 0.917 bits per heavy atom. The molecule has 14 nitrogen and oxygen atoms in total. The third-order valence-corrected chi connectivity index (χ3v) is 17.8. The van der Waals surface area contributed by atoms with Gasteiger partial charge in [-0.2, -0.15) is 15.1 Å². The van der Waals surface area contributed by atoms with Crippen molar-refractivity contribution < 1.29 is 28.2 Å². The summed E-state index contributed by atoms with van der Waals surface area (Å²) in [5.41, 5.74) is 3.64. The van der Waals surface area contributed by atoms with Gasteiger partial charge < -0.3 is 29.9 Å². The highest BCUT2D eigenvalue weighted by Crippen LogP contribution is 2.52. The number of fused-ring (bicyclic) bond motifs is 5. The second kappa shape index (κ2) is 17.4. The lowest BCUT2D eigenvalue weighted by Crippen LogP contribution is -2.60. The number of benzene rings is 3. The number of hydrogen-bond acceptors (Lipinski definition) is 12. The second-order valence-electron chi connectivity index (χ2n) is 22.5. The smallest absolute Gasteiger partial charge is 0.319 e. The van der Waals surface area contributed by atoms with E-state index < -0.39 is 17.6 Å². The van der Waals surface area contributed by atoms with Crippen LogP contribution in [0.25, 0.3) is 43.8 Å². The molecule has 6 aromatic rings. The number of nitrogens with zero attached hydrogens (tertiary/aromatic N) is 8. The zero-order valence-corrected chi connectivity index (χ0v) is 40.7. The number of terminal acetylenes is 1. The maximum absolute atomic E-state index is 17.2. The van der Waals surface area contributed by atoms with E-state index in [1.165, 1.54) is 55.5 Å². The normalized spacial score (nSPS) is 24.5. The van der Waals surface area contributed by atoms with Gasteiger partial charge in [0.1, 0.15) is 28.6 Å². The molecule has 1 spiro atoms. The number of aromatic hydroxyl groups is 1. The Kier molecular flexibility index (Phi) is 11.0. The Morgan fingerprint density at radius 3 is 2.43 bits per heavy atom. The van der Waals surface area contributed by atoms with Crippen LogP contribution in [0.5, 0.6) is 11.8 Å². The van der Waals surface area contributed by atoms with Gasteiger partial charge in [0.15, 0.2) is 5.82 Å². The first-order chi connectivity index (χ1) is 34.9. The number of phenolic OH excluding ortho intramolecular Hbond substituents is 1. The maximum atomic E-state index is 17.2. The molecule has 372 valence electrons. The molecule has 2 aliphatic carbocycles. The number of nitrogens with one attached hydrogen (secondary N) is 2. The van der Waals surface area contributed by atoms with Gasteiger partial charge in [0, 0.05) is 92.3 Å². The minimum absolute atomic E-state index is 0.00890. The molecule has 7 aliphatic rings. The Balaban J connectivity index is 0.651. The van der Waals surface area contributed by atoms with Crippen LogP contribution in [0.2, 0.25) is 0 Å². The largest absolute Gasteiger partial charge is 0.508 e. The van der Waals surface area contributed by atoms with Crippen LogP contribution in [0.15, 0.2) is 48.7 Å². The van der Waals surface area contributed by atoms with E-state index in [4.69, 9.17) is 26.2 Å². The van der Waals surface area contributed by atoms with Crippen molar-refractivity contribution in [3.63, 3.8) is 0 Å². The van der Waals surface area contributed by atoms with Crippen LogP contribution in [0.1, 0.15) is 106 Å². The predicted molar refractivity (Wildman–Crippen MR) is 270 cm³/mol. The number of amides is 2. The highest BCUT2D eigenvalue weighted by atomic mass is 19.1. The van der Waals surface area contributed by atoms with Crippen molar-refractivity contribution in [2.24, 2.45) is 17.9 Å². The van der Waals surface area contributed by atoms with Crippen LogP contribution in [0.3, 0.4) is 0 Å². The molecule has 7 fully saturated rings. The number of pyridine rings is 1. The van der Waals surface area contributed by atoms with E-state index in [1.807, 2.05) is 11.7 Å². The van der Waals surface area contributed by atoms with E-state index >= 15 is 8.78 Å². The quantitative estimate of drug-likeness (QED) is 0.0924. The summed E-state index contributed by atoms with van der Waals surface area (Å²) >= 11 is 0. The summed E-state index contributed by atoms with van der Waals surface area (Å²) < 4.78 is 40.7. The van der Waals surface area contributed by atoms with Crippen molar-refractivity contribution >= 4 is 50.2 Å². The number of carbonyl (C=O) groups is 2. The van der Waals surface area contributed by atoms with Gasteiger partial charge in [-0.25, -0.2) is 8.78 Å². The van der Waals surface area contributed by atoms with Gasteiger partial charge in [-0.15, -0.1) is 6.42 Å². The first-order valence-corrected chi connectivity index (χ1v) is 26.1. The summed E-state index contributed by atoms with van der Waals surface area (Å²) in [4.78, 5) is 46.3. The Labute approximate surface area is 416 Å². The molecule has 5 aliphatic heterocycles. The van der Waals surface area contributed by atoms with Crippen LogP contribution < -0.4 is 20.3 Å². The Hall–Kier alpha value is -6.28. The van der Waals surface area contributed by atoms with E-state index in [-0.39, 0.29) is 51.3 Å². The van der Waals surface area contributed by atoms with Crippen molar-refractivity contribution in [2.75, 3.05) is 57.3 Å². The molecule has 3 aromatic heterocycles. The van der Waals surface area contributed by atoms with E-state index in [2.05, 4.69) is 54.4 Å². The predicted octanol–water partition coefficient (Wildman–Crippen LogP) is 7.44. The number of piperidine rings is 2. The average Bonchev–Trinajstić information content (AvgIpc) is 3.95. The first-order valence-electron chi connectivity index (χ1n) is 26.1. The van der Waals surface area contributed by atoms with Crippen molar-refractivity contribution in [1.82, 2.24) is 45.2 Å². The molecule has 3 atom stereocenters. The number of piperazine rings is 1. The molecule has 13 rings (SSSR count). The van der Waals surface area contributed by atoms with Crippen LogP contribution >= 0.6 is 0 Å². The molecule has 3 N–H and O–H groups in total. The lowest BCUT2D eigenvalue weighted by Gasteiger charge is -2.55. The molecular formula is C56H60F2N10O4. The Bertz CT molecular complexity index is 3220. The minimum Gasteiger partial charge on any atom is -0.508 e. The molecule has 8 heterocycles. The fraction of sp³-hybridized carbons (Fsp3) is 0.500. The van der Waals surface area contributed by atoms with Gasteiger partial charge in [-0.3, -0.25) is 24.6 Å². The second-order valence-corrected chi connectivity index (χ2v) is 22.5. The first kappa shape index (κ1) is 45.6. The molecule has 72 heavy (non-hydrogen) atoms. The van der Waals surface area contributed by atoms with Crippen LogP contribution in [0, 0.1) is 34.8 Å². The average molecular weight is 975 g/mol. The molecule has 2 amide bonds. The van der Waals surface area contributed by atoms with Gasteiger partial charge in [0.25, 0.3) is 0 Å². The zero-order valence-electron chi connectivity index (χ0n) is 40.7. The zero-order chi connectivity index (χ0) is 49.0. The topological polar surface area (TPSA) is 154 Å². The van der Waals surface area contributed by atoms with E-state index in [0.717, 1.165) is 101 Å². The molecule has 2 saturated carbocycles. The summed E-state index contributed by atoms with van der Waals surface area (Å²) in [5, 5.41) is 23.9. The van der Waals surface area contributed by atoms with Gasteiger partial charge in [0.05, 0.1) is 34.7 Å². The summed E-state index contributed by atoms with van der Waals surface area (Å²) in [5.74, 6) is 1.19. The highest BCUT2D eigenvalue weighted by Gasteiger charge is 2.52. The third-order valence-electron chi connectivity index (χ3n) is 17.8. The Morgan fingerprint density at radius 2 is 1.69 bits per heavy atom. The van der Waals surface area contributed by atoms with E-state index in [9.17, 15) is 14.7 Å². The van der Waals surface area contributed by atoms with Crippen molar-refractivity contribution in [2.45, 2.75) is 107 Å². The van der Waals surface area contributed by atoms with Crippen LogP contribution in [-0.4, -0.2) is 122 Å². The number of imide groups is 1. The van der Waals surface area contributed by atoms with Crippen molar-refractivity contribution in [3.05, 3.63) is 77.1 Å². The van der Waals surface area contributed by atoms with Crippen LogP contribution in [0.4, 0.5) is 14.6 Å². The summed E-state index contributed by atoms with van der Waals surface area (Å²) in [6, 6.07) is 13.6. The number of likely N-dealkylation sites (tertiary alicyclic amines) is 2. The number of phenols is 1. The van der Waals surface area contributed by atoms with Crippen molar-refractivity contribution in [3.8, 4) is 35.4 Å². The molecule has 2 bridgehead atoms. The monoisotopic (exact) mass is 974 g/mol. The number of aromatic nitrogens is 5. The summed E-state index contributed by atoms with van der Waals surface area (Å²) in [6.45, 7) is 7.27. The number of carbonyl (C=O) groups excluding carboxylic acids is 2. The summed E-state index contributed by atoms with van der Waals surface area (Å²) in [6.07, 6.45) is 19.7. The van der Waals surface area contributed by atoms with Crippen LogP contribution in [-0.2, 0) is 16.6 Å². The number of rotatable bonds is 10. The van der Waals surface area contributed by atoms with Gasteiger partial charge in [0.2, 0.25) is 11.8 Å². The highest BCUT2D eigenvalue weighted by molar-refractivity contribution is 6.04. The number of aryl methyl sites for hydroxylation is 1. The molecule has 3 unspecified atom stereocenters. The number of hydrogen-bond donors (Lipinski definition) is 3. The van der Waals surface area contributed by atoms with Crippen molar-refractivity contribution in [1.29, 1.82) is 0 Å². The number of anilines is 1. The molecule has 0 radical (unpaired) electrons. The maximum Gasteiger partial charge on any atom is 0.319 e. The molecule has 5 saturated heterocycles. The van der Waals surface area contributed by atoms with Gasteiger partial charge in [-0.05, 0) is 130 Å². The summed E-state index contributed by atoms with van der Waals surface area (Å²) in [7, 11) is 1.94. The molecule has 16 heteroatoms. The van der Waals surface area contributed by atoms with E-state index in [1.54, 1.807) is 6.20 Å². The number of ether oxygens (including phenoxy) is 1. The lowest BCUT2D eigenvalue weighted by molar-refractivity contribution is -0.134. The third kappa shape index (κ3) is 8.03. The van der Waals surface area contributed by atoms with Gasteiger partial charge >= 0.3 is 6.01 Å². The molecule has 3 aromatic carbocycles. The standard InChI is InChI=1S/C56H60F2N10O4/c1-3-39-44(57)10-5-34-22-38(69)24-42(47(34)39)50-48(58)51-43(25-59-50)52(68-26-35-6-7-36(27-68)60-35)63-54(62-51)72-31-56(18-19-56)30-66-28-55(29-66)16-12-37(13-17-55)67-20-14-32(15-21-67)33-4-8-40-45(23-33)65(2)64-49(40)41-9-11-46(70)61-53(41)71/h1,4-5,8,10,22-25,32,35-37,41,60,69H,6-7,9,11-21,26-31H2,2H3,(H,61,70,71).